The Kier molecular flexibility index (Phi) is 7.59. The van der Waals surface area contributed by atoms with Gasteiger partial charge in [0.1, 0.15) is 5.69 Å². The zero-order valence-electron chi connectivity index (χ0n) is 15.9. The largest absolute Gasteiger partial charge is 0.375 e. The molecule has 0 saturated heterocycles. The lowest BCUT2D eigenvalue weighted by Gasteiger charge is -2.21. The molecule has 0 heterocycles. The van der Waals surface area contributed by atoms with Crippen LogP contribution in [0.25, 0.3) is 0 Å². The second-order valence-electron chi connectivity index (χ2n) is 6.44. The van der Waals surface area contributed by atoms with Crippen LogP contribution in [-0.2, 0) is 14.8 Å². The highest BCUT2D eigenvalue weighted by Gasteiger charge is 2.23. The summed E-state index contributed by atoms with van der Waals surface area (Å²) in [7, 11) is -0.801. The van der Waals surface area contributed by atoms with Crippen LogP contribution in [0, 0.1) is 10.1 Å². The highest BCUT2D eigenvalue weighted by Crippen LogP contribution is 2.29. The number of primary sulfonamides is 1. The van der Waals surface area contributed by atoms with E-state index in [9.17, 15) is 23.3 Å². The molecule has 2 rings (SSSR count). The fourth-order valence-corrected chi connectivity index (χ4v) is 3.93. The molecule has 2 aromatic carbocycles. The van der Waals surface area contributed by atoms with Crippen LogP contribution in [0.5, 0.6) is 0 Å². The first-order chi connectivity index (χ1) is 13.6. The van der Waals surface area contributed by atoms with Gasteiger partial charge in [0.2, 0.25) is 15.9 Å². The summed E-state index contributed by atoms with van der Waals surface area (Å²) in [6.07, 6.45) is 0.0730. The molecule has 0 saturated carbocycles. The standard InChI is InChI=1S/C18H22N4O5S2/c1-21(2)18(23)10-13(12-28-14-6-4-3-5-7-14)20-16-11-15(29(19,26)27)8-9-17(16)22(24)25/h3-9,11,13,20H,10,12H2,1-2H3,(H2,19,26,27)/t13-/m1/s1. The molecular weight excluding hydrogens is 416 g/mol. The Bertz CT molecular complexity index is 981. The van der Waals surface area contributed by atoms with Gasteiger partial charge in [0.25, 0.3) is 5.69 Å². The zero-order chi connectivity index (χ0) is 21.6. The minimum absolute atomic E-state index is 0.00765. The molecule has 29 heavy (non-hydrogen) atoms. The smallest absolute Gasteiger partial charge is 0.292 e. The molecule has 156 valence electrons. The topological polar surface area (TPSA) is 136 Å². The second-order valence-corrected chi connectivity index (χ2v) is 9.09. The van der Waals surface area contributed by atoms with Gasteiger partial charge >= 0.3 is 0 Å². The molecule has 0 unspecified atom stereocenters. The first-order valence-corrected chi connectivity index (χ1v) is 11.1. The molecule has 2 aromatic rings. The Morgan fingerprint density at radius 2 is 1.90 bits per heavy atom. The average Bonchev–Trinajstić information content (AvgIpc) is 2.65. The van der Waals surface area contributed by atoms with Gasteiger partial charge in [0.05, 0.1) is 9.82 Å². The van der Waals surface area contributed by atoms with Crippen molar-refractivity contribution in [2.75, 3.05) is 25.2 Å². The number of anilines is 1. The van der Waals surface area contributed by atoms with Gasteiger partial charge in [0, 0.05) is 43.3 Å². The molecule has 3 N–H and O–H groups in total. The van der Waals surface area contributed by atoms with E-state index in [2.05, 4.69) is 5.32 Å². The van der Waals surface area contributed by atoms with Crippen molar-refractivity contribution >= 4 is 39.1 Å². The predicted octanol–water partition coefficient (Wildman–Crippen LogP) is 2.29. The molecule has 0 aliphatic heterocycles. The lowest BCUT2D eigenvalue weighted by atomic mass is 10.2. The lowest BCUT2D eigenvalue weighted by Crippen LogP contribution is -2.32. The maximum absolute atomic E-state index is 12.2. The number of nitro benzene ring substituents is 1. The van der Waals surface area contributed by atoms with E-state index in [4.69, 9.17) is 5.14 Å². The minimum Gasteiger partial charge on any atom is -0.375 e. The summed E-state index contributed by atoms with van der Waals surface area (Å²) in [6, 6.07) is 12.3. The number of thioether (sulfide) groups is 1. The molecule has 9 nitrogen and oxygen atoms in total. The van der Waals surface area contributed by atoms with E-state index in [1.54, 1.807) is 14.1 Å². The van der Waals surface area contributed by atoms with Crippen molar-refractivity contribution in [1.82, 2.24) is 4.90 Å². The molecule has 0 aromatic heterocycles. The van der Waals surface area contributed by atoms with Gasteiger partial charge in [-0.2, -0.15) is 0 Å². The molecule has 0 aliphatic carbocycles. The van der Waals surface area contributed by atoms with Crippen molar-refractivity contribution in [3.8, 4) is 0 Å². The number of nitrogens with two attached hydrogens (primary N) is 1. The number of amides is 1. The maximum Gasteiger partial charge on any atom is 0.292 e. The third-order valence-electron chi connectivity index (χ3n) is 3.97. The van der Waals surface area contributed by atoms with Gasteiger partial charge in [0.15, 0.2) is 0 Å². The fourth-order valence-electron chi connectivity index (χ4n) is 2.45. The minimum atomic E-state index is -4.04. The van der Waals surface area contributed by atoms with Crippen LogP contribution in [0.4, 0.5) is 11.4 Å². The Morgan fingerprint density at radius 1 is 1.24 bits per heavy atom. The van der Waals surface area contributed by atoms with Crippen LogP contribution in [0.3, 0.4) is 0 Å². The third-order valence-corrected chi connectivity index (χ3v) is 6.05. The van der Waals surface area contributed by atoms with Crippen LogP contribution in [0.15, 0.2) is 58.3 Å². The van der Waals surface area contributed by atoms with Crippen LogP contribution in [0.2, 0.25) is 0 Å². The number of benzene rings is 2. The van der Waals surface area contributed by atoms with E-state index >= 15 is 0 Å². The summed E-state index contributed by atoms with van der Waals surface area (Å²) in [5.41, 5.74) is -0.309. The number of hydrogen-bond donors (Lipinski definition) is 2. The van der Waals surface area contributed by atoms with Gasteiger partial charge in [-0.3, -0.25) is 14.9 Å². The number of carbonyl (C=O) groups is 1. The third kappa shape index (κ3) is 6.73. The Labute approximate surface area is 173 Å². The van der Waals surface area contributed by atoms with E-state index in [1.807, 2.05) is 30.3 Å². The van der Waals surface area contributed by atoms with Crippen molar-refractivity contribution in [3.63, 3.8) is 0 Å². The van der Waals surface area contributed by atoms with Crippen molar-refractivity contribution in [2.45, 2.75) is 22.3 Å². The molecule has 0 bridgehead atoms. The Balaban J connectivity index is 2.32. The van der Waals surface area contributed by atoms with Crippen LogP contribution < -0.4 is 10.5 Å². The summed E-state index contributed by atoms with van der Waals surface area (Å²) in [6.45, 7) is 0. The van der Waals surface area contributed by atoms with Crippen molar-refractivity contribution < 1.29 is 18.1 Å². The van der Waals surface area contributed by atoms with Crippen molar-refractivity contribution in [2.24, 2.45) is 5.14 Å². The molecule has 1 atom stereocenters. The second kappa shape index (κ2) is 9.72. The number of sulfonamides is 1. The number of carbonyl (C=O) groups excluding carboxylic acids is 1. The van der Waals surface area contributed by atoms with E-state index in [-0.39, 0.29) is 28.6 Å². The SMILES string of the molecule is CN(C)C(=O)C[C@H](CSc1ccccc1)Nc1cc(S(N)(=O)=O)ccc1[N+](=O)[O-]. The van der Waals surface area contributed by atoms with Crippen LogP contribution in [-0.4, -0.2) is 50.0 Å². The summed E-state index contributed by atoms with van der Waals surface area (Å²) >= 11 is 1.48. The van der Waals surface area contributed by atoms with Gasteiger partial charge in [-0.15, -0.1) is 11.8 Å². The van der Waals surface area contributed by atoms with E-state index in [1.165, 1.54) is 16.7 Å². The molecule has 0 fully saturated rings. The number of nitrogens with zero attached hydrogens (tertiary/aromatic N) is 2. The van der Waals surface area contributed by atoms with Gasteiger partial charge in [-0.1, -0.05) is 18.2 Å². The highest BCUT2D eigenvalue weighted by atomic mass is 32.2. The number of hydrogen-bond acceptors (Lipinski definition) is 7. The van der Waals surface area contributed by atoms with Gasteiger partial charge in [-0.05, 0) is 24.3 Å². The highest BCUT2D eigenvalue weighted by molar-refractivity contribution is 7.99. The quantitative estimate of drug-likeness (QED) is 0.348. The first kappa shape index (κ1) is 22.7. The average molecular weight is 439 g/mol. The molecule has 0 aliphatic rings. The Morgan fingerprint density at radius 3 is 2.45 bits per heavy atom. The number of nitro groups is 1. The monoisotopic (exact) mass is 438 g/mol. The van der Waals surface area contributed by atoms with Crippen molar-refractivity contribution in [3.05, 3.63) is 58.6 Å². The maximum atomic E-state index is 12.2. The summed E-state index contributed by atoms with van der Waals surface area (Å²) in [5.74, 6) is 0.266. The normalized spacial score (nSPS) is 12.2. The van der Waals surface area contributed by atoms with E-state index in [0.29, 0.717) is 5.75 Å². The molecular formula is C18H22N4O5S2. The van der Waals surface area contributed by atoms with Crippen LogP contribution in [0.1, 0.15) is 6.42 Å². The Hall–Kier alpha value is -2.63. The van der Waals surface area contributed by atoms with Gasteiger partial charge < -0.3 is 10.2 Å². The van der Waals surface area contributed by atoms with Crippen molar-refractivity contribution in [1.29, 1.82) is 0 Å². The molecule has 0 spiro atoms. The summed E-state index contributed by atoms with van der Waals surface area (Å²) < 4.78 is 23.3. The lowest BCUT2D eigenvalue weighted by molar-refractivity contribution is -0.384. The van der Waals surface area contributed by atoms with E-state index in [0.717, 1.165) is 23.1 Å². The fraction of sp³-hybridized carbons (Fsp3) is 0.278. The zero-order valence-corrected chi connectivity index (χ0v) is 17.6. The van der Waals surface area contributed by atoms with Crippen LogP contribution >= 0.6 is 11.8 Å². The van der Waals surface area contributed by atoms with E-state index < -0.39 is 21.0 Å². The molecule has 11 heteroatoms. The van der Waals surface area contributed by atoms with Gasteiger partial charge in [-0.25, -0.2) is 13.6 Å². The number of nitrogens with one attached hydrogen (secondary N) is 1. The first-order valence-electron chi connectivity index (χ1n) is 8.53. The number of rotatable bonds is 9. The molecule has 0 radical (unpaired) electrons. The summed E-state index contributed by atoms with van der Waals surface area (Å²) in [4.78, 5) is 25.1. The predicted molar refractivity (Wildman–Crippen MR) is 112 cm³/mol. The molecule has 1 amide bonds. The summed E-state index contributed by atoms with van der Waals surface area (Å²) in [5, 5.41) is 19.5.